The Morgan fingerprint density at radius 2 is 1.65 bits per heavy atom. The molecule has 0 fully saturated rings. The van der Waals surface area contributed by atoms with E-state index in [0.717, 1.165) is 11.3 Å². The van der Waals surface area contributed by atoms with Crippen LogP contribution in [0, 0.1) is 13.8 Å². The highest BCUT2D eigenvalue weighted by molar-refractivity contribution is 5.95. The van der Waals surface area contributed by atoms with E-state index in [0.29, 0.717) is 11.4 Å². The average Bonchev–Trinajstić information content (AvgIpc) is 2.46. The molecular weight excluding hydrogens is 290 g/mol. The summed E-state index contributed by atoms with van der Waals surface area (Å²) in [5.74, 6) is -0.296. The van der Waals surface area contributed by atoms with Crippen molar-refractivity contribution in [2.24, 2.45) is 0 Å². The molecule has 0 aliphatic heterocycles. The van der Waals surface area contributed by atoms with E-state index in [1.54, 1.807) is 24.3 Å². The minimum Gasteiger partial charge on any atom is -0.376 e. The van der Waals surface area contributed by atoms with Gasteiger partial charge in [0.2, 0.25) is 11.8 Å². The summed E-state index contributed by atoms with van der Waals surface area (Å²) in [5, 5.41) is 8.61. The van der Waals surface area contributed by atoms with E-state index in [9.17, 15) is 9.59 Å². The molecule has 2 rings (SSSR count). The number of aryl methyl sites for hydroxylation is 2. The van der Waals surface area contributed by atoms with Crippen molar-refractivity contribution in [2.45, 2.75) is 20.8 Å². The van der Waals surface area contributed by atoms with Crippen molar-refractivity contribution in [1.29, 1.82) is 0 Å². The number of carbonyl (C=O) groups is 2. The van der Waals surface area contributed by atoms with Gasteiger partial charge in [-0.25, -0.2) is 0 Å². The Morgan fingerprint density at radius 3 is 2.30 bits per heavy atom. The van der Waals surface area contributed by atoms with Crippen LogP contribution < -0.4 is 16.0 Å². The van der Waals surface area contributed by atoms with E-state index < -0.39 is 0 Å². The molecule has 0 bridgehead atoms. The Morgan fingerprint density at radius 1 is 0.957 bits per heavy atom. The van der Waals surface area contributed by atoms with Crippen molar-refractivity contribution in [3.63, 3.8) is 0 Å². The van der Waals surface area contributed by atoms with Gasteiger partial charge < -0.3 is 16.0 Å². The number of carbonyl (C=O) groups excluding carboxylic acids is 2. The van der Waals surface area contributed by atoms with Gasteiger partial charge in [0.05, 0.1) is 6.54 Å². The normalized spacial score (nSPS) is 10.0. The first-order valence-corrected chi connectivity index (χ1v) is 7.42. The molecular formula is C18H21N3O2. The standard InChI is InChI=1S/C18H21N3O2/c1-12-7-8-17(13(2)9-12)19-11-18(23)21-16-6-4-5-15(10-16)20-14(3)22/h4-10,19H,11H2,1-3H3,(H,20,22)(H,21,23). The molecule has 0 aromatic heterocycles. The van der Waals surface area contributed by atoms with Crippen LogP contribution in [0.25, 0.3) is 0 Å². The summed E-state index contributed by atoms with van der Waals surface area (Å²) in [6, 6.07) is 13.1. The molecule has 23 heavy (non-hydrogen) atoms. The molecule has 2 amide bonds. The molecule has 5 nitrogen and oxygen atoms in total. The second-order valence-corrected chi connectivity index (χ2v) is 5.48. The summed E-state index contributed by atoms with van der Waals surface area (Å²) >= 11 is 0. The highest BCUT2D eigenvalue weighted by Gasteiger charge is 2.05. The lowest BCUT2D eigenvalue weighted by Crippen LogP contribution is -2.22. The number of nitrogens with one attached hydrogen (secondary N) is 3. The van der Waals surface area contributed by atoms with Crippen LogP contribution in [0.1, 0.15) is 18.1 Å². The van der Waals surface area contributed by atoms with Gasteiger partial charge in [0.15, 0.2) is 0 Å². The van der Waals surface area contributed by atoms with Crippen molar-refractivity contribution >= 4 is 28.9 Å². The van der Waals surface area contributed by atoms with Crippen molar-refractivity contribution in [3.8, 4) is 0 Å². The molecule has 2 aromatic rings. The zero-order chi connectivity index (χ0) is 16.8. The highest BCUT2D eigenvalue weighted by atomic mass is 16.2. The molecule has 0 saturated carbocycles. The summed E-state index contributed by atoms with van der Waals surface area (Å²) in [6.45, 7) is 5.66. The number of benzene rings is 2. The third-order valence-electron chi connectivity index (χ3n) is 3.29. The Labute approximate surface area is 136 Å². The van der Waals surface area contributed by atoms with Gasteiger partial charge in [0.1, 0.15) is 0 Å². The Balaban J connectivity index is 1.93. The SMILES string of the molecule is CC(=O)Nc1cccc(NC(=O)CNc2ccc(C)cc2C)c1. The first kappa shape index (κ1) is 16.5. The van der Waals surface area contributed by atoms with Gasteiger partial charge in [-0.2, -0.15) is 0 Å². The molecule has 0 saturated heterocycles. The molecule has 3 N–H and O–H groups in total. The van der Waals surface area contributed by atoms with Crippen LogP contribution in [-0.2, 0) is 9.59 Å². The predicted molar refractivity (Wildman–Crippen MR) is 93.8 cm³/mol. The van der Waals surface area contributed by atoms with E-state index in [2.05, 4.69) is 22.0 Å². The van der Waals surface area contributed by atoms with E-state index in [1.165, 1.54) is 12.5 Å². The molecule has 0 aliphatic rings. The molecule has 0 unspecified atom stereocenters. The van der Waals surface area contributed by atoms with E-state index in [4.69, 9.17) is 0 Å². The maximum atomic E-state index is 12.0. The third kappa shape index (κ3) is 5.14. The first-order valence-electron chi connectivity index (χ1n) is 7.42. The smallest absolute Gasteiger partial charge is 0.243 e. The highest BCUT2D eigenvalue weighted by Crippen LogP contribution is 2.17. The Hall–Kier alpha value is -2.82. The second kappa shape index (κ2) is 7.45. The van der Waals surface area contributed by atoms with E-state index >= 15 is 0 Å². The molecule has 5 heteroatoms. The summed E-state index contributed by atoms with van der Waals surface area (Å²) < 4.78 is 0. The van der Waals surface area contributed by atoms with Crippen molar-refractivity contribution in [3.05, 3.63) is 53.6 Å². The van der Waals surface area contributed by atoms with Gasteiger partial charge in [-0.1, -0.05) is 23.8 Å². The largest absolute Gasteiger partial charge is 0.376 e. The molecule has 120 valence electrons. The number of hydrogen-bond donors (Lipinski definition) is 3. The zero-order valence-electron chi connectivity index (χ0n) is 13.6. The fourth-order valence-electron chi connectivity index (χ4n) is 2.27. The number of amides is 2. The maximum absolute atomic E-state index is 12.0. The molecule has 2 aromatic carbocycles. The summed E-state index contributed by atoms with van der Waals surface area (Å²) in [6.07, 6.45) is 0. The van der Waals surface area contributed by atoms with Crippen molar-refractivity contribution in [1.82, 2.24) is 0 Å². The van der Waals surface area contributed by atoms with Crippen LogP contribution in [0.5, 0.6) is 0 Å². The summed E-state index contributed by atoms with van der Waals surface area (Å²) in [5.41, 5.74) is 4.52. The summed E-state index contributed by atoms with van der Waals surface area (Å²) in [4.78, 5) is 23.1. The fraction of sp³-hybridized carbons (Fsp3) is 0.222. The lowest BCUT2D eigenvalue weighted by Gasteiger charge is -2.11. The number of rotatable bonds is 5. The monoisotopic (exact) mass is 311 g/mol. The average molecular weight is 311 g/mol. The minimum atomic E-state index is -0.148. The van der Waals surface area contributed by atoms with Crippen LogP contribution in [-0.4, -0.2) is 18.4 Å². The topological polar surface area (TPSA) is 70.2 Å². The molecule has 0 atom stereocenters. The van der Waals surface area contributed by atoms with Crippen molar-refractivity contribution < 1.29 is 9.59 Å². The van der Waals surface area contributed by atoms with Gasteiger partial charge in [-0.15, -0.1) is 0 Å². The van der Waals surface area contributed by atoms with Gasteiger partial charge in [0.25, 0.3) is 0 Å². The van der Waals surface area contributed by atoms with Crippen LogP contribution in [0.4, 0.5) is 17.1 Å². The Bertz CT molecular complexity index is 726. The molecule has 0 heterocycles. The van der Waals surface area contributed by atoms with E-state index in [1.807, 2.05) is 26.0 Å². The zero-order valence-corrected chi connectivity index (χ0v) is 13.6. The van der Waals surface area contributed by atoms with Crippen LogP contribution in [0.15, 0.2) is 42.5 Å². The quantitative estimate of drug-likeness (QED) is 0.793. The lowest BCUT2D eigenvalue weighted by molar-refractivity contribution is -0.115. The number of anilines is 3. The summed E-state index contributed by atoms with van der Waals surface area (Å²) in [7, 11) is 0. The van der Waals surface area contributed by atoms with Gasteiger partial charge in [-0.05, 0) is 43.7 Å². The molecule has 0 radical (unpaired) electrons. The predicted octanol–water partition coefficient (Wildman–Crippen LogP) is 3.31. The first-order chi connectivity index (χ1) is 10.9. The minimum absolute atomic E-state index is 0.148. The Kier molecular flexibility index (Phi) is 5.36. The number of hydrogen-bond acceptors (Lipinski definition) is 3. The third-order valence-corrected chi connectivity index (χ3v) is 3.29. The van der Waals surface area contributed by atoms with Gasteiger partial charge in [0, 0.05) is 24.0 Å². The molecule has 0 spiro atoms. The van der Waals surface area contributed by atoms with Crippen molar-refractivity contribution in [2.75, 3.05) is 22.5 Å². The van der Waals surface area contributed by atoms with Gasteiger partial charge in [-0.3, -0.25) is 9.59 Å². The second-order valence-electron chi connectivity index (χ2n) is 5.48. The molecule has 0 aliphatic carbocycles. The van der Waals surface area contributed by atoms with E-state index in [-0.39, 0.29) is 18.4 Å². The van der Waals surface area contributed by atoms with Crippen LogP contribution in [0.3, 0.4) is 0 Å². The van der Waals surface area contributed by atoms with Crippen LogP contribution >= 0.6 is 0 Å². The fourth-order valence-corrected chi connectivity index (χ4v) is 2.27. The lowest BCUT2D eigenvalue weighted by atomic mass is 10.1. The van der Waals surface area contributed by atoms with Crippen LogP contribution in [0.2, 0.25) is 0 Å². The van der Waals surface area contributed by atoms with Gasteiger partial charge >= 0.3 is 0 Å². The maximum Gasteiger partial charge on any atom is 0.243 e.